The molecule has 0 bridgehead atoms. The standard InChI is InChI=1S/C41H66O5/c1-3-5-7-9-11-13-15-17-19-20-22-23-25-27-29-31-33-35-40(43)45-38-39(37-42)46-41(44)36-34-32-30-28-26-24-21-18-16-14-12-10-8-6-4-2/h5-8,11-14,17-19,21-23,39,42H,3-4,9-10,15-16,20,24-38H2,1-2H3/b7-5-,8-6-,13-11-,14-12-,19-17-,21-18-,23-22-/t39-/m0/s1. The van der Waals surface area contributed by atoms with Crippen LogP contribution in [0.2, 0.25) is 0 Å². The lowest BCUT2D eigenvalue weighted by atomic mass is 10.1. The number of allylic oxidation sites excluding steroid dienone is 14. The molecule has 0 spiro atoms. The Balaban J connectivity index is 3.69. The second-order valence-electron chi connectivity index (χ2n) is 11.5. The number of hydrogen-bond donors (Lipinski definition) is 1. The van der Waals surface area contributed by atoms with Gasteiger partial charge in [-0.2, -0.15) is 0 Å². The van der Waals surface area contributed by atoms with Crippen LogP contribution in [0.15, 0.2) is 85.1 Å². The molecule has 0 saturated carbocycles. The molecule has 5 heteroatoms. The van der Waals surface area contributed by atoms with Crippen molar-refractivity contribution in [3.63, 3.8) is 0 Å². The zero-order valence-electron chi connectivity index (χ0n) is 29.3. The SMILES string of the molecule is CC/C=C\C/C=C\C/C=C\C/C=C\CCCCCCC(=O)OC[C@H](CO)OC(=O)CCCCCCC/C=C\C/C=C\C/C=C\CC. The first kappa shape index (κ1) is 43.1. The summed E-state index contributed by atoms with van der Waals surface area (Å²) in [6, 6.07) is 0. The third kappa shape index (κ3) is 34.0. The van der Waals surface area contributed by atoms with E-state index in [-0.39, 0.29) is 25.2 Å². The summed E-state index contributed by atoms with van der Waals surface area (Å²) < 4.78 is 10.6. The smallest absolute Gasteiger partial charge is 0.306 e. The Morgan fingerprint density at radius 2 is 0.870 bits per heavy atom. The average Bonchev–Trinajstić information content (AvgIpc) is 3.06. The molecule has 0 heterocycles. The minimum atomic E-state index is -0.794. The number of carbonyl (C=O) groups excluding carboxylic acids is 2. The van der Waals surface area contributed by atoms with Crippen molar-refractivity contribution < 1.29 is 24.2 Å². The molecule has 1 atom stereocenters. The van der Waals surface area contributed by atoms with Crippen molar-refractivity contribution in [3.05, 3.63) is 85.1 Å². The molecule has 46 heavy (non-hydrogen) atoms. The van der Waals surface area contributed by atoms with Gasteiger partial charge >= 0.3 is 11.9 Å². The summed E-state index contributed by atoms with van der Waals surface area (Å²) in [5.74, 6) is -0.649. The lowest BCUT2D eigenvalue weighted by Crippen LogP contribution is -2.28. The molecular weight excluding hydrogens is 572 g/mol. The van der Waals surface area contributed by atoms with Crippen LogP contribution in [0.1, 0.15) is 142 Å². The highest BCUT2D eigenvalue weighted by Crippen LogP contribution is 2.10. The fourth-order valence-corrected chi connectivity index (χ4v) is 4.50. The van der Waals surface area contributed by atoms with E-state index in [1.807, 2.05) is 0 Å². The van der Waals surface area contributed by atoms with Gasteiger partial charge in [0.2, 0.25) is 0 Å². The van der Waals surface area contributed by atoms with Gasteiger partial charge < -0.3 is 14.6 Å². The number of carbonyl (C=O) groups is 2. The van der Waals surface area contributed by atoms with Crippen LogP contribution >= 0.6 is 0 Å². The maximum Gasteiger partial charge on any atom is 0.306 e. The molecule has 0 amide bonds. The molecule has 0 aliphatic heterocycles. The van der Waals surface area contributed by atoms with Gasteiger partial charge in [0, 0.05) is 12.8 Å². The Bertz CT molecular complexity index is 906. The molecule has 5 nitrogen and oxygen atoms in total. The predicted octanol–water partition coefficient (Wildman–Crippen LogP) is 11.2. The third-order valence-corrected chi connectivity index (χ3v) is 7.18. The monoisotopic (exact) mass is 638 g/mol. The summed E-state index contributed by atoms with van der Waals surface area (Å²) in [6.07, 6.45) is 49.2. The van der Waals surface area contributed by atoms with Crippen molar-refractivity contribution in [2.75, 3.05) is 13.2 Å². The van der Waals surface area contributed by atoms with Crippen molar-refractivity contribution in [3.8, 4) is 0 Å². The number of hydrogen-bond acceptors (Lipinski definition) is 5. The second-order valence-corrected chi connectivity index (χ2v) is 11.5. The maximum atomic E-state index is 12.1. The zero-order chi connectivity index (χ0) is 33.6. The maximum absolute atomic E-state index is 12.1. The molecule has 0 aromatic heterocycles. The van der Waals surface area contributed by atoms with Crippen molar-refractivity contribution in [2.45, 2.75) is 148 Å². The molecule has 260 valence electrons. The van der Waals surface area contributed by atoms with E-state index in [1.165, 1.54) is 0 Å². The van der Waals surface area contributed by atoms with E-state index in [0.717, 1.165) is 116 Å². The van der Waals surface area contributed by atoms with E-state index in [2.05, 4.69) is 98.9 Å². The number of ether oxygens (including phenoxy) is 2. The highest BCUT2D eigenvalue weighted by molar-refractivity contribution is 5.70. The minimum absolute atomic E-state index is 0.0912. The topological polar surface area (TPSA) is 72.8 Å². The lowest BCUT2D eigenvalue weighted by Gasteiger charge is -2.15. The number of aliphatic hydroxyl groups is 1. The van der Waals surface area contributed by atoms with Crippen molar-refractivity contribution in [1.82, 2.24) is 0 Å². The lowest BCUT2D eigenvalue weighted by molar-refractivity contribution is -0.161. The van der Waals surface area contributed by atoms with Gasteiger partial charge in [-0.3, -0.25) is 9.59 Å². The molecule has 0 saturated heterocycles. The van der Waals surface area contributed by atoms with Crippen LogP contribution in [0, 0.1) is 0 Å². The van der Waals surface area contributed by atoms with E-state index in [9.17, 15) is 14.7 Å². The quantitative estimate of drug-likeness (QED) is 0.0465. The fraction of sp³-hybridized carbons (Fsp3) is 0.610. The molecule has 0 aromatic rings. The van der Waals surface area contributed by atoms with E-state index in [1.54, 1.807) is 0 Å². The van der Waals surface area contributed by atoms with E-state index in [0.29, 0.717) is 12.8 Å². The van der Waals surface area contributed by atoms with Gasteiger partial charge in [0.25, 0.3) is 0 Å². The first-order valence-electron chi connectivity index (χ1n) is 18.1. The Labute approximate surface area is 282 Å². The van der Waals surface area contributed by atoms with E-state index in [4.69, 9.17) is 9.47 Å². The van der Waals surface area contributed by atoms with Gasteiger partial charge in [0.15, 0.2) is 6.10 Å². The van der Waals surface area contributed by atoms with Crippen molar-refractivity contribution >= 4 is 11.9 Å². The normalized spacial score (nSPS) is 13.2. The molecule has 0 radical (unpaired) electrons. The summed E-state index contributed by atoms with van der Waals surface area (Å²) in [6.45, 7) is 3.85. The first-order valence-corrected chi connectivity index (χ1v) is 18.1. The van der Waals surface area contributed by atoms with Crippen LogP contribution < -0.4 is 0 Å². The largest absolute Gasteiger partial charge is 0.462 e. The van der Waals surface area contributed by atoms with Gasteiger partial charge in [0.05, 0.1) is 6.61 Å². The average molecular weight is 639 g/mol. The second kappa shape index (κ2) is 36.5. The number of esters is 2. The third-order valence-electron chi connectivity index (χ3n) is 7.18. The molecule has 0 aliphatic rings. The van der Waals surface area contributed by atoms with Crippen LogP contribution in [0.4, 0.5) is 0 Å². The van der Waals surface area contributed by atoms with Gasteiger partial charge in [0.1, 0.15) is 6.61 Å². The molecule has 1 N–H and O–H groups in total. The summed E-state index contributed by atoms with van der Waals surface area (Å²) in [5, 5.41) is 9.53. The highest BCUT2D eigenvalue weighted by atomic mass is 16.6. The van der Waals surface area contributed by atoms with Gasteiger partial charge in [-0.05, 0) is 83.5 Å². The fourth-order valence-electron chi connectivity index (χ4n) is 4.50. The van der Waals surface area contributed by atoms with Crippen LogP contribution in [0.5, 0.6) is 0 Å². The number of unbranched alkanes of at least 4 members (excludes halogenated alkanes) is 9. The summed E-state index contributed by atoms with van der Waals surface area (Å²) in [5.41, 5.74) is 0. The minimum Gasteiger partial charge on any atom is -0.462 e. The predicted molar refractivity (Wildman–Crippen MR) is 196 cm³/mol. The van der Waals surface area contributed by atoms with E-state index < -0.39 is 6.10 Å². The first-order chi connectivity index (χ1) is 22.6. The Hall–Kier alpha value is -2.92. The molecular formula is C41H66O5. The van der Waals surface area contributed by atoms with Crippen LogP contribution in [-0.2, 0) is 19.1 Å². The molecule has 0 fully saturated rings. The Morgan fingerprint density at radius 3 is 1.30 bits per heavy atom. The van der Waals surface area contributed by atoms with Gasteiger partial charge in [-0.15, -0.1) is 0 Å². The van der Waals surface area contributed by atoms with Crippen molar-refractivity contribution in [1.29, 1.82) is 0 Å². The molecule has 0 aliphatic carbocycles. The van der Waals surface area contributed by atoms with Crippen LogP contribution in [0.25, 0.3) is 0 Å². The van der Waals surface area contributed by atoms with Gasteiger partial charge in [-0.25, -0.2) is 0 Å². The molecule has 0 aromatic carbocycles. The van der Waals surface area contributed by atoms with Crippen LogP contribution in [0.3, 0.4) is 0 Å². The highest BCUT2D eigenvalue weighted by Gasteiger charge is 2.16. The number of aliphatic hydroxyl groups excluding tert-OH is 1. The Morgan fingerprint density at radius 1 is 0.500 bits per heavy atom. The Kier molecular flexibility index (Phi) is 34.2. The van der Waals surface area contributed by atoms with Crippen molar-refractivity contribution in [2.24, 2.45) is 0 Å². The number of rotatable bonds is 31. The summed E-state index contributed by atoms with van der Waals surface area (Å²) in [7, 11) is 0. The van der Waals surface area contributed by atoms with E-state index >= 15 is 0 Å². The molecule has 0 unspecified atom stereocenters. The summed E-state index contributed by atoms with van der Waals surface area (Å²) >= 11 is 0. The zero-order valence-corrected chi connectivity index (χ0v) is 29.3. The van der Waals surface area contributed by atoms with Gasteiger partial charge in [-0.1, -0.05) is 131 Å². The van der Waals surface area contributed by atoms with Crippen LogP contribution in [-0.4, -0.2) is 36.4 Å². The molecule has 0 rings (SSSR count). The summed E-state index contributed by atoms with van der Waals surface area (Å²) in [4.78, 5) is 24.2.